The Morgan fingerprint density at radius 3 is 3.04 bits per heavy atom. The molecule has 3 N–H and O–H groups in total. The van der Waals surface area contributed by atoms with E-state index in [2.05, 4.69) is 15.5 Å². The Labute approximate surface area is 152 Å². The Kier molecular flexibility index (Phi) is 6.26. The van der Waals surface area contributed by atoms with Crippen LogP contribution >= 0.6 is 24.0 Å². The van der Waals surface area contributed by atoms with Crippen molar-refractivity contribution in [1.29, 1.82) is 0 Å². The first-order chi connectivity index (χ1) is 10.8. The maximum absolute atomic E-state index is 5.93. The number of hydrogen-bond acceptors (Lipinski definition) is 4. The normalized spacial score (nSPS) is 13.9. The van der Waals surface area contributed by atoms with Gasteiger partial charge in [0.25, 0.3) is 0 Å². The fourth-order valence-electron chi connectivity index (χ4n) is 2.62. The average molecular weight is 428 g/mol. The molecule has 1 aliphatic carbocycles. The largest absolute Gasteiger partial charge is 0.497 e. The number of aliphatic imine (C=N–C) groups is 1. The van der Waals surface area contributed by atoms with Crippen LogP contribution in [0, 0.1) is 0 Å². The van der Waals surface area contributed by atoms with E-state index >= 15 is 0 Å². The number of nitrogens with two attached hydrogens (primary N) is 1. The molecule has 0 radical (unpaired) electrons. The van der Waals surface area contributed by atoms with Gasteiger partial charge in [0, 0.05) is 23.7 Å². The van der Waals surface area contributed by atoms with Crippen LogP contribution in [0.15, 0.2) is 33.8 Å². The molecule has 124 valence electrons. The number of aromatic nitrogens is 1. The third-order valence-electron chi connectivity index (χ3n) is 3.77. The number of benzene rings is 1. The highest BCUT2D eigenvalue weighted by atomic mass is 127. The molecule has 0 bridgehead atoms. The number of ether oxygens (including phenoxy) is 1. The van der Waals surface area contributed by atoms with Crippen molar-refractivity contribution in [2.75, 3.05) is 12.4 Å². The fourth-order valence-corrected chi connectivity index (χ4v) is 2.62. The van der Waals surface area contributed by atoms with Gasteiger partial charge in [-0.2, -0.15) is 0 Å². The molecule has 0 saturated carbocycles. The molecule has 0 unspecified atom stereocenters. The molecule has 1 aromatic heterocycles. The molecule has 1 aliphatic rings. The van der Waals surface area contributed by atoms with Crippen molar-refractivity contribution in [3.05, 3.63) is 41.3 Å². The van der Waals surface area contributed by atoms with Crippen molar-refractivity contribution >= 4 is 35.6 Å². The van der Waals surface area contributed by atoms with Crippen LogP contribution in [0.3, 0.4) is 0 Å². The van der Waals surface area contributed by atoms with Crippen molar-refractivity contribution < 1.29 is 9.26 Å². The van der Waals surface area contributed by atoms with Crippen molar-refractivity contribution in [2.24, 2.45) is 10.7 Å². The maximum atomic E-state index is 5.93. The average Bonchev–Trinajstić information content (AvgIpc) is 2.96. The van der Waals surface area contributed by atoms with Gasteiger partial charge < -0.3 is 20.3 Å². The zero-order valence-electron chi connectivity index (χ0n) is 13.0. The van der Waals surface area contributed by atoms with E-state index in [-0.39, 0.29) is 24.0 Å². The summed E-state index contributed by atoms with van der Waals surface area (Å²) in [5.74, 6) is 2.12. The Morgan fingerprint density at radius 2 is 2.22 bits per heavy atom. The minimum Gasteiger partial charge on any atom is -0.497 e. The minimum absolute atomic E-state index is 0. The zero-order chi connectivity index (χ0) is 15.4. The topological polar surface area (TPSA) is 85.7 Å². The monoisotopic (exact) mass is 428 g/mol. The van der Waals surface area contributed by atoms with E-state index in [1.54, 1.807) is 7.11 Å². The third-order valence-corrected chi connectivity index (χ3v) is 3.77. The number of hydrogen-bond donors (Lipinski definition) is 2. The lowest BCUT2D eigenvalue weighted by atomic mass is 9.96. The second-order valence-corrected chi connectivity index (χ2v) is 5.30. The summed E-state index contributed by atoms with van der Waals surface area (Å²) in [6.45, 7) is 0.432. The van der Waals surface area contributed by atoms with Gasteiger partial charge in [0.1, 0.15) is 17.2 Å². The second kappa shape index (κ2) is 8.19. The molecule has 0 spiro atoms. The maximum Gasteiger partial charge on any atom is 0.193 e. The number of nitrogens with zero attached hydrogens (tertiary/aromatic N) is 2. The van der Waals surface area contributed by atoms with Gasteiger partial charge >= 0.3 is 0 Å². The van der Waals surface area contributed by atoms with E-state index in [1.165, 1.54) is 18.4 Å². The summed E-state index contributed by atoms with van der Waals surface area (Å²) in [6, 6.07) is 7.53. The molecule has 0 saturated heterocycles. The lowest BCUT2D eigenvalue weighted by Crippen LogP contribution is -2.22. The van der Waals surface area contributed by atoms with E-state index in [9.17, 15) is 0 Å². The lowest BCUT2D eigenvalue weighted by molar-refractivity contribution is 0.368. The molecular weight excluding hydrogens is 407 g/mol. The quantitative estimate of drug-likeness (QED) is 0.444. The molecule has 3 rings (SSSR count). The first-order valence-corrected chi connectivity index (χ1v) is 7.43. The number of fused-ring (bicyclic) bond motifs is 1. The van der Waals surface area contributed by atoms with Crippen LogP contribution in [0.25, 0.3) is 0 Å². The van der Waals surface area contributed by atoms with Crippen LogP contribution in [-0.2, 0) is 19.4 Å². The summed E-state index contributed by atoms with van der Waals surface area (Å²) in [5, 5.41) is 7.17. The molecule has 0 fully saturated rings. The van der Waals surface area contributed by atoms with Gasteiger partial charge in [0.2, 0.25) is 0 Å². The predicted octanol–water partition coefficient (Wildman–Crippen LogP) is 3.11. The zero-order valence-corrected chi connectivity index (χ0v) is 15.4. The van der Waals surface area contributed by atoms with E-state index in [1.807, 2.05) is 24.3 Å². The smallest absolute Gasteiger partial charge is 0.193 e. The van der Waals surface area contributed by atoms with Crippen LogP contribution in [0.1, 0.15) is 29.9 Å². The van der Waals surface area contributed by atoms with Crippen LogP contribution in [-0.4, -0.2) is 18.2 Å². The van der Waals surface area contributed by atoms with Gasteiger partial charge in [0.15, 0.2) is 5.96 Å². The summed E-state index contributed by atoms with van der Waals surface area (Å²) < 4.78 is 10.5. The van der Waals surface area contributed by atoms with E-state index in [0.29, 0.717) is 12.5 Å². The fraction of sp³-hybridized carbons (Fsp3) is 0.375. The Morgan fingerprint density at radius 1 is 1.39 bits per heavy atom. The second-order valence-electron chi connectivity index (χ2n) is 5.30. The summed E-state index contributed by atoms with van der Waals surface area (Å²) in [7, 11) is 1.63. The van der Waals surface area contributed by atoms with Gasteiger partial charge in [-0.3, -0.25) is 0 Å². The molecule has 0 amide bonds. The van der Waals surface area contributed by atoms with Crippen LogP contribution < -0.4 is 15.8 Å². The first-order valence-electron chi connectivity index (χ1n) is 7.43. The molecule has 6 nitrogen and oxygen atoms in total. The molecular formula is C16H21IN4O2. The molecule has 2 aromatic rings. The number of methoxy groups -OCH3 is 1. The summed E-state index contributed by atoms with van der Waals surface area (Å²) in [6.07, 6.45) is 4.35. The van der Waals surface area contributed by atoms with Crippen LogP contribution in [0.5, 0.6) is 5.75 Å². The van der Waals surface area contributed by atoms with Crippen LogP contribution in [0.2, 0.25) is 0 Å². The Hall–Kier alpha value is -1.77. The molecule has 1 heterocycles. The standard InChI is InChI=1S/C16H20N4O2.HI/c1-21-12-6-4-5-11(9-12)19-16(17)18-10-14-13-7-2-3-8-15(13)22-20-14;/h4-6,9H,2-3,7-8,10H2,1H3,(H3,17,18,19);1H. The highest BCUT2D eigenvalue weighted by Gasteiger charge is 2.18. The van der Waals surface area contributed by atoms with Crippen molar-refractivity contribution in [2.45, 2.75) is 32.2 Å². The first kappa shape index (κ1) is 17.6. The highest BCUT2D eigenvalue weighted by molar-refractivity contribution is 14.0. The summed E-state index contributed by atoms with van der Waals surface area (Å²) >= 11 is 0. The molecule has 0 atom stereocenters. The summed E-state index contributed by atoms with van der Waals surface area (Å²) in [5.41, 5.74) is 8.87. The van der Waals surface area contributed by atoms with Gasteiger partial charge in [-0.1, -0.05) is 11.2 Å². The van der Waals surface area contributed by atoms with Crippen molar-refractivity contribution in [3.8, 4) is 5.75 Å². The van der Waals surface area contributed by atoms with Crippen LogP contribution in [0.4, 0.5) is 5.69 Å². The number of anilines is 1. The number of rotatable bonds is 4. The van der Waals surface area contributed by atoms with Gasteiger partial charge in [-0.15, -0.1) is 24.0 Å². The molecule has 7 heteroatoms. The Bertz CT molecular complexity index is 684. The summed E-state index contributed by atoms with van der Waals surface area (Å²) in [4.78, 5) is 4.35. The molecule has 0 aliphatic heterocycles. The van der Waals surface area contributed by atoms with Gasteiger partial charge in [0.05, 0.1) is 13.7 Å². The van der Waals surface area contributed by atoms with Gasteiger partial charge in [-0.25, -0.2) is 4.99 Å². The number of nitrogens with one attached hydrogen (secondary N) is 1. The molecule has 23 heavy (non-hydrogen) atoms. The number of halogens is 1. The number of guanidine groups is 1. The van der Waals surface area contributed by atoms with Crippen molar-refractivity contribution in [1.82, 2.24) is 5.16 Å². The predicted molar refractivity (Wildman–Crippen MR) is 101 cm³/mol. The highest BCUT2D eigenvalue weighted by Crippen LogP contribution is 2.24. The van der Waals surface area contributed by atoms with E-state index in [4.69, 9.17) is 15.0 Å². The molecule has 1 aromatic carbocycles. The van der Waals surface area contributed by atoms with Gasteiger partial charge in [-0.05, 0) is 31.4 Å². The minimum atomic E-state index is 0. The SMILES string of the molecule is COc1cccc(NC(N)=NCc2noc3c2CCCC3)c1.I. The lowest BCUT2D eigenvalue weighted by Gasteiger charge is -2.09. The van der Waals surface area contributed by atoms with Crippen molar-refractivity contribution in [3.63, 3.8) is 0 Å². The van der Waals surface area contributed by atoms with E-state index in [0.717, 1.165) is 35.7 Å². The third kappa shape index (κ3) is 4.37. The van der Waals surface area contributed by atoms with E-state index < -0.39 is 0 Å². The Balaban J connectivity index is 0.00000192. The number of aryl methyl sites for hydroxylation is 1.